The van der Waals surface area contributed by atoms with Crippen molar-refractivity contribution >= 4 is 15.7 Å². The molecule has 6 nitrogen and oxygen atoms in total. The van der Waals surface area contributed by atoms with Crippen molar-refractivity contribution < 1.29 is 17.9 Å². The number of amides is 1. The number of ether oxygens (including phenoxy) is 1. The van der Waals surface area contributed by atoms with Crippen molar-refractivity contribution in [1.82, 2.24) is 10.2 Å². The zero-order valence-electron chi connectivity index (χ0n) is 16.8. The molecule has 2 rings (SSSR count). The lowest BCUT2D eigenvalue weighted by molar-refractivity contribution is 0.0938. The van der Waals surface area contributed by atoms with Crippen LogP contribution in [0.3, 0.4) is 0 Å². The third-order valence-electron chi connectivity index (χ3n) is 4.50. The van der Waals surface area contributed by atoms with Crippen molar-refractivity contribution in [3.8, 4) is 5.75 Å². The van der Waals surface area contributed by atoms with E-state index in [2.05, 4.69) is 5.32 Å². The predicted molar refractivity (Wildman–Crippen MR) is 111 cm³/mol. The molecule has 1 N–H and O–H groups in total. The number of nitrogens with one attached hydrogen (secondary N) is 1. The molecule has 0 aliphatic carbocycles. The van der Waals surface area contributed by atoms with Gasteiger partial charge < -0.3 is 15.0 Å². The van der Waals surface area contributed by atoms with Crippen LogP contribution in [-0.2, 0) is 9.84 Å². The predicted octanol–water partition coefficient (Wildman–Crippen LogP) is 2.91. The molecule has 0 heterocycles. The first-order valence-corrected chi connectivity index (χ1v) is 10.9. The maximum absolute atomic E-state index is 12.8. The molecule has 0 saturated carbocycles. The second kappa shape index (κ2) is 9.71. The number of hydrogen-bond acceptors (Lipinski definition) is 5. The zero-order valence-corrected chi connectivity index (χ0v) is 17.6. The van der Waals surface area contributed by atoms with Crippen molar-refractivity contribution in [3.05, 3.63) is 59.7 Å². The highest BCUT2D eigenvalue weighted by atomic mass is 32.2. The Balaban J connectivity index is 2.23. The molecule has 0 bridgehead atoms. The molecule has 0 radical (unpaired) electrons. The van der Waals surface area contributed by atoms with E-state index in [-0.39, 0.29) is 22.3 Å². The highest BCUT2D eigenvalue weighted by molar-refractivity contribution is 7.91. The second-order valence-corrected chi connectivity index (χ2v) is 8.86. The number of nitrogens with zero attached hydrogens (tertiary/aromatic N) is 1. The van der Waals surface area contributed by atoms with Gasteiger partial charge >= 0.3 is 0 Å². The topological polar surface area (TPSA) is 75.7 Å². The Morgan fingerprint density at radius 1 is 1.14 bits per heavy atom. The monoisotopic (exact) mass is 404 g/mol. The lowest BCUT2D eigenvalue weighted by atomic mass is 10.1. The summed E-state index contributed by atoms with van der Waals surface area (Å²) in [5.41, 5.74) is 1.18. The lowest BCUT2D eigenvalue weighted by Gasteiger charge is -2.25. The Morgan fingerprint density at radius 3 is 2.50 bits per heavy atom. The molecular weight excluding hydrogens is 376 g/mol. The van der Waals surface area contributed by atoms with E-state index in [1.54, 1.807) is 32.2 Å². The molecule has 0 fully saturated rings. The van der Waals surface area contributed by atoms with Crippen LogP contribution in [0.4, 0.5) is 0 Å². The van der Waals surface area contributed by atoms with E-state index in [4.69, 9.17) is 4.74 Å². The molecular formula is C21H28N2O4S. The van der Waals surface area contributed by atoms with Crippen LogP contribution in [0.25, 0.3) is 0 Å². The summed E-state index contributed by atoms with van der Waals surface area (Å²) in [7, 11) is 1.97. The molecule has 0 spiro atoms. The molecule has 0 aliphatic heterocycles. The molecule has 2 aromatic carbocycles. The van der Waals surface area contributed by atoms with Crippen LogP contribution in [0, 0.1) is 0 Å². The number of likely N-dealkylation sites (N-methyl/N-ethyl adjacent to an activating group) is 1. The minimum Gasteiger partial charge on any atom is -0.497 e. The minimum absolute atomic E-state index is 0.0153. The average Bonchev–Trinajstić information content (AvgIpc) is 2.68. The van der Waals surface area contributed by atoms with Gasteiger partial charge in [0.1, 0.15) is 5.75 Å². The van der Waals surface area contributed by atoms with Gasteiger partial charge in [0.15, 0.2) is 9.84 Å². The van der Waals surface area contributed by atoms with E-state index in [0.29, 0.717) is 13.0 Å². The number of benzene rings is 2. The van der Waals surface area contributed by atoms with E-state index in [1.165, 1.54) is 6.07 Å². The molecule has 2 aromatic rings. The normalized spacial score (nSPS) is 12.6. The van der Waals surface area contributed by atoms with Crippen LogP contribution in [0.2, 0.25) is 0 Å². The Kier molecular flexibility index (Phi) is 7.60. The van der Waals surface area contributed by atoms with Gasteiger partial charge in [-0.3, -0.25) is 4.79 Å². The zero-order chi connectivity index (χ0) is 20.7. The molecule has 1 unspecified atom stereocenters. The van der Waals surface area contributed by atoms with Gasteiger partial charge in [-0.25, -0.2) is 8.42 Å². The summed E-state index contributed by atoms with van der Waals surface area (Å²) in [5, 5.41) is 2.89. The Hall–Kier alpha value is -2.38. The van der Waals surface area contributed by atoms with Crippen LogP contribution in [0.1, 0.15) is 35.3 Å². The van der Waals surface area contributed by atoms with E-state index in [0.717, 1.165) is 11.3 Å². The molecule has 0 aliphatic rings. The Labute approximate surface area is 167 Å². The molecule has 1 amide bonds. The van der Waals surface area contributed by atoms with Gasteiger partial charge in [-0.05, 0) is 50.3 Å². The van der Waals surface area contributed by atoms with Crippen molar-refractivity contribution in [3.63, 3.8) is 0 Å². The molecule has 0 saturated heterocycles. The largest absolute Gasteiger partial charge is 0.497 e. The van der Waals surface area contributed by atoms with Gasteiger partial charge in [0, 0.05) is 6.54 Å². The summed E-state index contributed by atoms with van der Waals surface area (Å²) in [6, 6.07) is 13.9. The van der Waals surface area contributed by atoms with Crippen LogP contribution < -0.4 is 10.1 Å². The van der Waals surface area contributed by atoms with Gasteiger partial charge in [-0.2, -0.15) is 0 Å². The Bertz CT molecular complexity index is 910. The van der Waals surface area contributed by atoms with E-state index >= 15 is 0 Å². The fourth-order valence-corrected chi connectivity index (χ4v) is 4.58. The smallest absolute Gasteiger partial charge is 0.252 e. The van der Waals surface area contributed by atoms with E-state index < -0.39 is 15.7 Å². The molecule has 1 atom stereocenters. The Morgan fingerprint density at radius 2 is 1.86 bits per heavy atom. The summed E-state index contributed by atoms with van der Waals surface area (Å²) in [6.07, 6.45) is 0.497. The average molecular weight is 405 g/mol. The number of methoxy groups -OCH3 is 1. The quantitative estimate of drug-likeness (QED) is 0.695. The van der Waals surface area contributed by atoms with Gasteiger partial charge in [-0.1, -0.05) is 31.2 Å². The third kappa shape index (κ3) is 5.33. The van der Waals surface area contributed by atoms with Crippen LogP contribution in [-0.4, -0.2) is 52.7 Å². The van der Waals surface area contributed by atoms with Crippen LogP contribution in [0.15, 0.2) is 53.4 Å². The van der Waals surface area contributed by atoms with Crippen LogP contribution >= 0.6 is 0 Å². The summed E-state index contributed by atoms with van der Waals surface area (Å²) >= 11 is 0. The SMILES string of the molecule is CCCS(=O)(=O)c1ccccc1C(=O)NCC(c1cccc(OC)c1)N(C)C. The van der Waals surface area contributed by atoms with Gasteiger partial charge in [-0.15, -0.1) is 0 Å². The fourth-order valence-electron chi connectivity index (χ4n) is 3.04. The summed E-state index contributed by atoms with van der Waals surface area (Å²) in [5.74, 6) is 0.359. The van der Waals surface area contributed by atoms with Crippen molar-refractivity contribution in [2.75, 3.05) is 33.5 Å². The first kappa shape index (κ1) is 21.9. The third-order valence-corrected chi connectivity index (χ3v) is 6.47. The number of rotatable bonds is 9. The van der Waals surface area contributed by atoms with Crippen molar-refractivity contribution in [1.29, 1.82) is 0 Å². The second-order valence-electron chi connectivity index (χ2n) is 6.78. The summed E-state index contributed by atoms with van der Waals surface area (Å²) in [4.78, 5) is 14.9. The van der Waals surface area contributed by atoms with E-state index in [9.17, 15) is 13.2 Å². The minimum atomic E-state index is -3.49. The number of carbonyl (C=O) groups excluding carboxylic acids is 1. The van der Waals surface area contributed by atoms with Crippen LogP contribution in [0.5, 0.6) is 5.75 Å². The van der Waals surface area contributed by atoms with E-state index in [1.807, 2.05) is 43.3 Å². The van der Waals surface area contributed by atoms with Crippen molar-refractivity contribution in [2.45, 2.75) is 24.3 Å². The highest BCUT2D eigenvalue weighted by Crippen LogP contribution is 2.23. The number of hydrogen-bond donors (Lipinski definition) is 1. The lowest BCUT2D eigenvalue weighted by Crippen LogP contribution is -2.35. The maximum Gasteiger partial charge on any atom is 0.252 e. The number of sulfone groups is 1. The molecule has 28 heavy (non-hydrogen) atoms. The summed E-state index contributed by atoms with van der Waals surface area (Å²) in [6.45, 7) is 2.14. The number of carbonyl (C=O) groups is 1. The van der Waals surface area contributed by atoms with Crippen molar-refractivity contribution in [2.24, 2.45) is 0 Å². The first-order valence-electron chi connectivity index (χ1n) is 9.20. The summed E-state index contributed by atoms with van der Waals surface area (Å²) < 4.78 is 30.3. The molecule has 152 valence electrons. The van der Waals surface area contributed by atoms with Gasteiger partial charge in [0.25, 0.3) is 5.91 Å². The fraction of sp³-hybridized carbons (Fsp3) is 0.381. The van der Waals surface area contributed by atoms with Gasteiger partial charge in [0.2, 0.25) is 0 Å². The highest BCUT2D eigenvalue weighted by Gasteiger charge is 2.22. The maximum atomic E-state index is 12.8. The van der Waals surface area contributed by atoms with Gasteiger partial charge in [0.05, 0.1) is 29.4 Å². The molecule has 0 aromatic heterocycles. The molecule has 7 heteroatoms. The standard InChI is InChI=1S/C21H28N2O4S/c1-5-13-28(25,26)20-12-7-6-11-18(20)21(24)22-15-19(23(2)3)16-9-8-10-17(14-16)27-4/h6-12,14,19H,5,13,15H2,1-4H3,(H,22,24). The first-order chi connectivity index (χ1) is 13.3.